The maximum Gasteiger partial charge on any atom is 0.140 e. The molecule has 1 saturated carbocycles. The van der Waals surface area contributed by atoms with Crippen molar-refractivity contribution in [2.75, 3.05) is 6.61 Å². The molecule has 1 aliphatic carbocycles. The molecule has 3 heteroatoms. The van der Waals surface area contributed by atoms with E-state index in [1.807, 2.05) is 0 Å². The van der Waals surface area contributed by atoms with Crippen molar-refractivity contribution in [1.29, 1.82) is 0 Å². The molecule has 2 rings (SSSR count). The van der Waals surface area contributed by atoms with Gasteiger partial charge in [-0.3, -0.25) is 9.59 Å². The number of hydrogen-bond donors (Lipinski definition) is 0. The van der Waals surface area contributed by atoms with Crippen LogP contribution in [0.25, 0.3) is 0 Å². The highest BCUT2D eigenvalue weighted by atomic mass is 16.5. The van der Waals surface area contributed by atoms with E-state index in [1.54, 1.807) is 0 Å². The Bertz CT molecular complexity index is 225. The second-order valence-corrected chi connectivity index (χ2v) is 4.33. The summed E-state index contributed by atoms with van der Waals surface area (Å²) >= 11 is 0. The van der Waals surface area contributed by atoms with Crippen molar-refractivity contribution in [2.45, 2.75) is 44.6 Å². The Morgan fingerprint density at radius 3 is 2.36 bits per heavy atom. The Morgan fingerprint density at radius 1 is 1.07 bits per heavy atom. The highest BCUT2D eigenvalue weighted by Crippen LogP contribution is 2.29. The van der Waals surface area contributed by atoms with Crippen LogP contribution in [0.3, 0.4) is 0 Å². The minimum absolute atomic E-state index is 0.0976. The van der Waals surface area contributed by atoms with Crippen LogP contribution in [0.2, 0.25) is 0 Å². The number of ether oxygens (including phenoxy) is 1. The monoisotopic (exact) mass is 196 g/mol. The number of Topliss-reactive ketones (excluding diaryl/α,β-unsaturated/α-hetero) is 2. The fraction of sp³-hybridized carbons (Fsp3) is 0.818. The average Bonchev–Trinajstić information content (AvgIpc) is 2.18. The SMILES string of the molecule is O=C1CC(=O)CC(C2CCCCO2)C1. The lowest BCUT2D eigenvalue weighted by atomic mass is 9.81. The van der Waals surface area contributed by atoms with Crippen LogP contribution in [0.5, 0.6) is 0 Å². The van der Waals surface area contributed by atoms with Gasteiger partial charge in [0.25, 0.3) is 0 Å². The first-order chi connectivity index (χ1) is 6.75. The Hall–Kier alpha value is -0.700. The third kappa shape index (κ3) is 2.21. The smallest absolute Gasteiger partial charge is 0.140 e. The fourth-order valence-electron chi connectivity index (χ4n) is 2.42. The molecule has 1 atom stereocenters. The van der Waals surface area contributed by atoms with Crippen molar-refractivity contribution >= 4 is 11.6 Å². The van der Waals surface area contributed by atoms with Crippen molar-refractivity contribution in [3.05, 3.63) is 0 Å². The molecule has 0 spiro atoms. The zero-order valence-electron chi connectivity index (χ0n) is 8.33. The van der Waals surface area contributed by atoms with E-state index in [-0.39, 0.29) is 30.0 Å². The van der Waals surface area contributed by atoms with Crippen molar-refractivity contribution in [2.24, 2.45) is 5.92 Å². The number of carbonyl (C=O) groups excluding carboxylic acids is 2. The summed E-state index contributed by atoms with van der Waals surface area (Å²) in [7, 11) is 0. The molecule has 78 valence electrons. The zero-order chi connectivity index (χ0) is 9.97. The van der Waals surface area contributed by atoms with Crippen molar-refractivity contribution in [1.82, 2.24) is 0 Å². The summed E-state index contributed by atoms with van der Waals surface area (Å²) in [5.74, 6) is 0.366. The van der Waals surface area contributed by atoms with E-state index >= 15 is 0 Å². The van der Waals surface area contributed by atoms with Gasteiger partial charge in [-0.2, -0.15) is 0 Å². The van der Waals surface area contributed by atoms with Crippen LogP contribution in [0, 0.1) is 5.92 Å². The van der Waals surface area contributed by atoms with Crippen LogP contribution in [0.15, 0.2) is 0 Å². The first kappa shape index (κ1) is 9.84. The molecule has 0 aromatic rings. The second-order valence-electron chi connectivity index (χ2n) is 4.33. The van der Waals surface area contributed by atoms with Gasteiger partial charge in [0.05, 0.1) is 12.5 Å². The average molecular weight is 196 g/mol. The molecule has 2 aliphatic rings. The molecule has 0 N–H and O–H groups in total. The van der Waals surface area contributed by atoms with Gasteiger partial charge < -0.3 is 4.74 Å². The summed E-state index contributed by atoms with van der Waals surface area (Å²) in [4.78, 5) is 22.5. The van der Waals surface area contributed by atoms with Crippen molar-refractivity contribution in [3.8, 4) is 0 Å². The zero-order valence-corrected chi connectivity index (χ0v) is 8.33. The lowest BCUT2D eigenvalue weighted by Crippen LogP contribution is -2.34. The van der Waals surface area contributed by atoms with Gasteiger partial charge in [0.15, 0.2) is 0 Å². The standard InChI is InChI=1S/C11H16O3/c12-9-5-8(6-10(13)7-9)11-3-1-2-4-14-11/h8,11H,1-7H2. The van der Waals surface area contributed by atoms with Crippen LogP contribution in [-0.4, -0.2) is 24.3 Å². The van der Waals surface area contributed by atoms with Gasteiger partial charge in [-0.05, 0) is 25.2 Å². The highest BCUT2D eigenvalue weighted by Gasteiger charge is 2.32. The summed E-state index contributed by atoms with van der Waals surface area (Å²) in [5.41, 5.74) is 0. The van der Waals surface area contributed by atoms with E-state index in [9.17, 15) is 9.59 Å². The van der Waals surface area contributed by atoms with Gasteiger partial charge in [-0.15, -0.1) is 0 Å². The van der Waals surface area contributed by atoms with Crippen molar-refractivity contribution < 1.29 is 14.3 Å². The first-order valence-corrected chi connectivity index (χ1v) is 5.40. The highest BCUT2D eigenvalue weighted by molar-refractivity contribution is 6.01. The van der Waals surface area contributed by atoms with Gasteiger partial charge in [-0.25, -0.2) is 0 Å². The Morgan fingerprint density at radius 2 is 1.79 bits per heavy atom. The maximum atomic E-state index is 11.3. The third-order valence-electron chi connectivity index (χ3n) is 3.11. The fourth-order valence-corrected chi connectivity index (χ4v) is 2.42. The lowest BCUT2D eigenvalue weighted by molar-refractivity contribution is -0.135. The van der Waals surface area contributed by atoms with Gasteiger partial charge in [0.1, 0.15) is 11.6 Å². The third-order valence-corrected chi connectivity index (χ3v) is 3.11. The first-order valence-electron chi connectivity index (χ1n) is 5.40. The molecule has 2 fully saturated rings. The molecular weight excluding hydrogens is 180 g/mol. The minimum Gasteiger partial charge on any atom is -0.378 e. The predicted octanol–water partition coefficient (Wildman–Crippen LogP) is 1.49. The number of carbonyl (C=O) groups is 2. The van der Waals surface area contributed by atoms with Gasteiger partial charge >= 0.3 is 0 Å². The van der Waals surface area contributed by atoms with E-state index in [4.69, 9.17) is 4.74 Å². The van der Waals surface area contributed by atoms with E-state index in [0.717, 1.165) is 19.4 Å². The molecular formula is C11H16O3. The summed E-state index contributed by atoms with van der Waals surface area (Å²) in [5, 5.41) is 0. The number of rotatable bonds is 1. The van der Waals surface area contributed by atoms with Gasteiger partial charge in [-0.1, -0.05) is 0 Å². The van der Waals surface area contributed by atoms with Crippen LogP contribution >= 0.6 is 0 Å². The lowest BCUT2D eigenvalue weighted by Gasteiger charge is -2.31. The Labute approximate surface area is 83.8 Å². The Kier molecular flexibility index (Phi) is 2.96. The molecule has 0 amide bonds. The molecule has 0 aromatic heterocycles. The van der Waals surface area contributed by atoms with Crippen LogP contribution in [0.4, 0.5) is 0 Å². The van der Waals surface area contributed by atoms with E-state index < -0.39 is 0 Å². The molecule has 1 aliphatic heterocycles. The molecule has 1 unspecified atom stereocenters. The summed E-state index contributed by atoms with van der Waals surface area (Å²) in [6, 6.07) is 0. The number of hydrogen-bond acceptors (Lipinski definition) is 3. The van der Waals surface area contributed by atoms with Gasteiger partial charge in [0, 0.05) is 19.4 Å². The maximum absolute atomic E-state index is 11.3. The Balaban J connectivity index is 1.95. The summed E-state index contributed by atoms with van der Waals surface area (Å²) < 4.78 is 5.61. The summed E-state index contributed by atoms with van der Waals surface area (Å²) in [6.45, 7) is 0.795. The van der Waals surface area contributed by atoms with E-state index in [1.165, 1.54) is 6.42 Å². The largest absolute Gasteiger partial charge is 0.378 e. The molecule has 0 aromatic carbocycles. The van der Waals surface area contributed by atoms with Crippen molar-refractivity contribution in [3.63, 3.8) is 0 Å². The molecule has 0 bridgehead atoms. The molecule has 3 nitrogen and oxygen atoms in total. The number of ketones is 2. The van der Waals surface area contributed by atoms with E-state index in [0.29, 0.717) is 12.8 Å². The normalized spacial score (nSPS) is 30.7. The van der Waals surface area contributed by atoms with Crippen LogP contribution in [0.1, 0.15) is 38.5 Å². The topological polar surface area (TPSA) is 43.4 Å². The second kappa shape index (κ2) is 4.22. The molecule has 14 heavy (non-hydrogen) atoms. The predicted molar refractivity (Wildman–Crippen MR) is 50.9 cm³/mol. The van der Waals surface area contributed by atoms with E-state index in [2.05, 4.69) is 0 Å². The summed E-state index contributed by atoms with van der Waals surface area (Å²) in [6.07, 6.45) is 4.73. The minimum atomic E-state index is 0.0976. The molecule has 1 heterocycles. The van der Waals surface area contributed by atoms with Crippen LogP contribution in [-0.2, 0) is 14.3 Å². The van der Waals surface area contributed by atoms with Gasteiger partial charge in [0.2, 0.25) is 0 Å². The molecule has 1 saturated heterocycles. The molecule has 0 radical (unpaired) electrons. The quantitative estimate of drug-likeness (QED) is 0.597. The van der Waals surface area contributed by atoms with Crippen LogP contribution < -0.4 is 0 Å².